The molecule has 0 saturated heterocycles. The first-order valence-corrected chi connectivity index (χ1v) is 10.00. The first-order chi connectivity index (χ1) is 10.2. The molecule has 0 radical (unpaired) electrons. The van der Waals surface area contributed by atoms with Crippen LogP contribution in [0.1, 0.15) is 0 Å². The van der Waals surface area contributed by atoms with Gasteiger partial charge in [-0.1, -0.05) is 40.5 Å². The number of halogens is 2. The molecular weight excluding hydrogens is 464 g/mol. The van der Waals surface area contributed by atoms with Crippen molar-refractivity contribution in [3.63, 3.8) is 0 Å². The third-order valence-corrected chi connectivity index (χ3v) is 5.75. The highest BCUT2D eigenvalue weighted by Gasteiger charge is 2.23. The summed E-state index contributed by atoms with van der Waals surface area (Å²) in [6.45, 7) is 0. The molecule has 118 valence electrons. The van der Waals surface area contributed by atoms with Gasteiger partial charge < -0.3 is 0 Å². The standard InChI is InChI=1S/C12H8Br2O6S2/c13-9-1-5-11(6-2-9)21(15,16)19-20-22(17,18)12-7-3-10(14)4-8-12/h1-8H. The fraction of sp³-hybridized carbons (Fsp3) is 0. The summed E-state index contributed by atoms with van der Waals surface area (Å²) in [6, 6.07) is 10.9. The summed E-state index contributed by atoms with van der Waals surface area (Å²) in [5.41, 5.74) is 0. The van der Waals surface area contributed by atoms with Crippen molar-refractivity contribution in [2.24, 2.45) is 0 Å². The van der Waals surface area contributed by atoms with Gasteiger partial charge in [0.2, 0.25) is 0 Å². The second kappa shape index (κ2) is 6.77. The largest absolute Gasteiger partial charge is 0.324 e. The molecule has 0 aliphatic heterocycles. The lowest BCUT2D eigenvalue weighted by Crippen LogP contribution is -2.13. The number of rotatable bonds is 5. The molecule has 0 aliphatic carbocycles. The third-order valence-electron chi connectivity index (χ3n) is 2.41. The van der Waals surface area contributed by atoms with Gasteiger partial charge in [0, 0.05) is 8.95 Å². The van der Waals surface area contributed by atoms with Gasteiger partial charge in [0.25, 0.3) is 0 Å². The highest BCUT2D eigenvalue weighted by atomic mass is 79.9. The highest BCUT2D eigenvalue weighted by Crippen LogP contribution is 2.20. The molecule has 0 heterocycles. The van der Waals surface area contributed by atoms with Gasteiger partial charge in [-0.15, -0.1) is 0 Å². The molecular formula is C12H8Br2O6S2. The van der Waals surface area contributed by atoms with E-state index in [1.165, 1.54) is 48.5 Å². The minimum atomic E-state index is -4.36. The Morgan fingerprint density at radius 1 is 0.591 bits per heavy atom. The van der Waals surface area contributed by atoms with Crippen molar-refractivity contribution in [2.45, 2.75) is 9.79 Å². The molecule has 0 N–H and O–H groups in total. The quantitative estimate of drug-likeness (QED) is 0.491. The molecule has 2 aromatic rings. The molecule has 0 aliphatic rings. The molecule has 2 rings (SSSR count). The Bertz CT molecular complexity index is 783. The molecule has 6 nitrogen and oxygen atoms in total. The van der Waals surface area contributed by atoms with Crippen LogP contribution in [0.5, 0.6) is 0 Å². The van der Waals surface area contributed by atoms with Crippen LogP contribution in [-0.4, -0.2) is 16.8 Å². The predicted octanol–water partition coefficient (Wildman–Crippen LogP) is 3.24. The van der Waals surface area contributed by atoms with Gasteiger partial charge in [0.15, 0.2) is 0 Å². The second-order valence-corrected chi connectivity index (χ2v) is 8.81. The SMILES string of the molecule is O=S(=O)(OOS(=O)(=O)c1ccc(Br)cc1)c1ccc(Br)cc1. The lowest BCUT2D eigenvalue weighted by atomic mass is 10.4. The summed E-state index contributed by atoms with van der Waals surface area (Å²) in [7, 11) is -8.72. The van der Waals surface area contributed by atoms with Crippen molar-refractivity contribution < 1.29 is 25.5 Å². The molecule has 0 unspecified atom stereocenters. The molecule has 10 heteroatoms. The Labute approximate surface area is 144 Å². The van der Waals surface area contributed by atoms with Crippen LogP contribution in [0.25, 0.3) is 0 Å². The van der Waals surface area contributed by atoms with Gasteiger partial charge >= 0.3 is 20.2 Å². The van der Waals surface area contributed by atoms with Crippen LogP contribution in [-0.2, 0) is 28.9 Å². The van der Waals surface area contributed by atoms with Crippen molar-refractivity contribution in [1.82, 2.24) is 0 Å². The van der Waals surface area contributed by atoms with Gasteiger partial charge in [-0.05, 0) is 48.5 Å². The Balaban J connectivity index is 2.17. The van der Waals surface area contributed by atoms with Gasteiger partial charge in [-0.3, -0.25) is 0 Å². The van der Waals surface area contributed by atoms with Crippen LogP contribution in [0.4, 0.5) is 0 Å². The Morgan fingerprint density at radius 2 is 0.864 bits per heavy atom. The number of hydrogen-bond acceptors (Lipinski definition) is 6. The van der Waals surface area contributed by atoms with Gasteiger partial charge in [0.05, 0.1) is 9.79 Å². The van der Waals surface area contributed by atoms with Crippen LogP contribution in [0.2, 0.25) is 0 Å². The minimum Gasteiger partial charge on any atom is -0.192 e. The zero-order chi connectivity index (χ0) is 16.4. The van der Waals surface area contributed by atoms with E-state index in [2.05, 4.69) is 40.5 Å². The van der Waals surface area contributed by atoms with Gasteiger partial charge in [-0.2, -0.15) is 16.8 Å². The Kier molecular flexibility index (Phi) is 5.41. The topological polar surface area (TPSA) is 86.7 Å². The average molecular weight is 472 g/mol. The van der Waals surface area contributed by atoms with E-state index < -0.39 is 20.2 Å². The predicted molar refractivity (Wildman–Crippen MR) is 84.8 cm³/mol. The second-order valence-electron chi connectivity index (χ2n) is 3.95. The van der Waals surface area contributed by atoms with E-state index in [0.29, 0.717) is 8.95 Å². The zero-order valence-electron chi connectivity index (χ0n) is 10.6. The summed E-state index contributed by atoms with van der Waals surface area (Å²) in [4.78, 5) is -0.469. The van der Waals surface area contributed by atoms with Crippen LogP contribution >= 0.6 is 31.9 Å². The summed E-state index contributed by atoms with van der Waals surface area (Å²) in [6.07, 6.45) is 0. The average Bonchev–Trinajstić information content (AvgIpc) is 2.46. The maximum absolute atomic E-state index is 11.8. The third kappa shape index (κ3) is 4.37. The van der Waals surface area contributed by atoms with Crippen LogP contribution < -0.4 is 0 Å². The van der Waals surface area contributed by atoms with Crippen molar-refractivity contribution in [2.75, 3.05) is 0 Å². The smallest absolute Gasteiger partial charge is 0.192 e. The van der Waals surface area contributed by atoms with Crippen LogP contribution in [0.15, 0.2) is 67.3 Å². The van der Waals surface area contributed by atoms with E-state index in [4.69, 9.17) is 0 Å². The Morgan fingerprint density at radius 3 is 1.14 bits per heavy atom. The minimum absolute atomic E-state index is 0.235. The molecule has 0 atom stereocenters. The van der Waals surface area contributed by atoms with Crippen molar-refractivity contribution in [3.8, 4) is 0 Å². The van der Waals surface area contributed by atoms with Crippen molar-refractivity contribution in [3.05, 3.63) is 57.5 Å². The first-order valence-electron chi connectivity index (χ1n) is 5.60. The zero-order valence-corrected chi connectivity index (χ0v) is 15.4. The van der Waals surface area contributed by atoms with E-state index in [1.807, 2.05) is 0 Å². The van der Waals surface area contributed by atoms with E-state index in [-0.39, 0.29) is 9.79 Å². The van der Waals surface area contributed by atoms with E-state index in [9.17, 15) is 16.8 Å². The molecule has 2 aromatic carbocycles. The maximum atomic E-state index is 11.8. The molecule has 22 heavy (non-hydrogen) atoms. The summed E-state index contributed by atoms with van der Waals surface area (Å²) in [5, 5.41) is 0. The lowest BCUT2D eigenvalue weighted by molar-refractivity contribution is -0.0851. The maximum Gasteiger partial charge on any atom is 0.324 e. The van der Waals surface area contributed by atoms with E-state index >= 15 is 0 Å². The molecule has 0 bridgehead atoms. The molecule has 0 aromatic heterocycles. The van der Waals surface area contributed by atoms with Crippen molar-refractivity contribution >= 4 is 52.1 Å². The summed E-state index contributed by atoms with van der Waals surface area (Å²) in [5.74, 6) is 0. The number of hydrogen-bond donors (Lipinski definition) is 0. The number of benzene rings is 2. The summed E-state index contributed by atoms with van der Waals surface area (Å²) >= 11 is 6.31. The van der Waals surface area contributed by atoms with E-state index in [1.54, 1.807) is 0 Å². The summed E-state index contributed by atoms with van der Waals surface area (Å²) < 4.78 is 57.0. The van der Waals surface area contributed by atoms with Crippen molar-refractivity contribution in [1.29, 1.82) is 0 Å². The monoisotopic (exact) mass is 470 g/mol. The van der Waals surface area contributed by atoms with Gasteiger partial charge in [-0.25, -0.2) is 0 Å². The Hall–Kier alpha value is -0.780. The van der Waals surface area contributed by atoms with E-state index in [0.717, 1.165) is 0 Å². The molecule has 0 fully saturated rings. The fourth-order valence-corrected chi connectivity index (χ4v) is 3.56. The molecule has 0 saturated carbocycles. The normalized spacial score (nSPS) is 12.3. The fourth-order valence-electron chi connectivity index (χ4n) is 1.35. The first kappa shape index (κ1) is 17.6. The van der Waals surface area contributed by atoms with Crippen LogP contribution in [0, 0.1) is 0 Å². The highest BCUT2D eigenvalue weighted by molar-refractivity contribution is 9.10. The van der Waals surface area contributed by atoms with Gasteiger partial charge in [0.1, 0.15) is 0 Å². The molecule has 0 spiro atoms. The lowest BCUT2D eigenvalue weighted by Gasteiger charge is -2.05. The van der Waals surface area contributed by atoms with Crippen LogP contribution in [0.3, 0.4) is 0 Å². The molecule has 0 amide bonds.